The molecule has 0 fully saturated rings. The molecule has 108 valence electrons. The summed E-state index contributed by atoms with van der Waals surface area (Å²) in [6.07, 6.45) is 3.34. The summed E-state index contributed by atoms with van der Waals surface area (Å²) in [4.78, 5) is 0. The molecule has 0 amide bonds. The molecule has 0 aliphatic carbocycles. The number of unbranched alkanes of at least 4 members (excludes halogenated alkanes) is 1. The van der Waals surface area contributed by atoms with Crippen molar-refractivity contribution >= 4 is 0 Å². The number of nitrogens with one attached hydrogen (secondary N) is 1. The molecule has 1 aromatic carbocycles. The van der Waals surface area contributed by atoms with Crippen molar-refractivity contribution in [1.29, 1.82) is 0 Å². The second-order valence-corrected chi connectivity index (χ2v) is 4.88. The molecule has 3 nitrogen and oxygen atoms in total. The molecule has 0 saturated heterocycles. The minimum atomic E-state index is 0.534. The smallest absolute Gasteiger partial charge is 0.161 e. The number of hydrogen-bond acceptors (Lipinski definition) is 3. The molecule has 1 rings (SSSR count). The fourth-order valence-electron chi connectivity index (χ4n) is 1.70. The summed E-state index contributed by atoms with van der Waals surface area (Å²) in [7, 11) is 1.69. The average Bonchev–Trinajstić information content (AvgIpc) is 2.45. The van der Waals surface area contributed by atoms with Crippen molar-refractivity contribution in [3.05, 3.63) is 23.8 Å². The van der Waals surface area contributed by atoms with E-state index in [0.29, 0.717) is 6.04 Å². The molecule has 3 heteroatoms. The minimum Gasteiger partial charge on any atom is -0.493 e. The quantitative estimate of drug-likeness (QED) is 0.690. The lowest BCUT2D eigenvalue weighted by atomic mass is 10.1. The van der Waals surface area contributed by atoms with Crippen LogP contribution in [0.5, 0.6) is 11.5 Å². The Morgan fingerprint density at radius 2 is 2.00 bits per heavy atom. The van der Waals surface area contributed by atoms with Crippen LogP contribution in [-0.4, -0.2) is 19.8 Å². The van der Waals surface area contributed by atoms with Crippen LogP contribution in [0.1, 0.15) is 45.6 Å². The van der Waals surface area contributed by atoms with Gasteiger partial charge in [0.05, 0.1) is 13.7 Å². The zero-order chi connectivity index (χ0) is 14.1. The molecular weight excluding hydrogens is 238 g/mol. The van der Waals surface area contributed by atoms with Crippen molar-refractivity contribution in [1.82, 2.24) is 5.32 Å². The standard InChI is InChI=1S/C16H27NO2/c1-5-7-10-19-15-9-8-14(11-16(15)18-4)12-17-13(3)6-2/h8-9,11,13,17H,5-7,10,12H2,1-4H3. The van der Waals surface area contributed by atoms with Crippen LogP contribution in [0, 0.1) is 0 Å². The zero-order valence-electron chi connectivity index (χ0n) is 12.7. The second-order valence-electron chi connectivity index (χ2n) is 4.88. The van der Waals surface area contributed by atoms with E-state index in [2.05, 4.69) is 38.2 Å². The van der Waals surface area contributed by atoms with E-state index >= 15 is 0 Å². The summed E-state index contributed by atoms with van der Waals surface area (Å²) >= 11 is 0. The van der Waals surface area contributed by atoms with Gasteiger partial charge in [-0.15, -0.1) is 0 Å². The average molecular weight is 265 g/mol. The molecule has 1 aromatic rings. The maximum absolute atomic E-state index is 5.72. The summed E-state index contributed by atoms with van der Waals surface area (Å²) in [5, 5.41) is 3.48. The molecule has 0 radical (unpaired) electrons. The van der Waals surface area contributed by atoms with Crippen molar-refractivity contribution in [3.63, 3.8) is 0 Å². The van der Waals surface area contributed by atoms with Crippen molar-refractivity contribution in [2.45, 2.75) is 52.6 Å². The van der Waals surface area contributed by atoms with Crippen LogP contribution in [0.4, 0.5) is 0 Å². The van der Waals surface area contributed by atoms with Gasteiger partial charge in [-0.3, -0.25) is 0 Å². The number of rotatable bonds is 9. The van der Waals surface area contributed by atoms with Gasteiger partial charge in [0.25, 0.3) is 0 Å². The van der Waals surface area contributed by atoms with E-state index in [-0.39, 0.29) is 0 Å². The Labute approximate surface area is 117 Å². The summed E-state index contributed by atoms with van der Waals surface area (Å²) in [5.41, 5.74) is 1.22. The summed E-state index contributed by atoms with van der Waals surface area (Å²) in [6, 6.07) is 6.68. The molecule has 0 aliphatic rings. The van der Waals surface area contributed by atoms with Gasteiger partial charge in [-0.25, -0.2) is 0 Å². The topological polar surface area (TPSA) is 30.5 Å². The number of methoxy groups -OCH3 is 1. The lowest BCUT2D eigenvalue weighted by Gasteiger charge is -2.14. The molecule has 1 atom stereocenters. The van der Waals surface area contributed by atoms with Gasteiger partial charge in [-0.05, 0) is 37.5 Å². The van der Waals surface area contributed by atoms with Gasteiger partial charge >= 0.3 is 0 Å². The molecule has 0 bridgehead atoms. The lowest BCUT2D eigenvalue weighted by Crippen LogP contribution is -2.24. The SMILES string of the molecule is CCCCOc1ccc(CNC(C)CC)cc1OC. The van der Waals surface area contributed by atoms with E-state index in [1.165, 1.54) is 5.56 Å². The Morgan fingerprint density at radius 1 is 1.21 bits per heavy atom. The molecule has 0 aromatic heterocycles. The highest BCUT2D eigenvalue weighted by molar-refractivity contribution is 5.42. The summed E-state index contributed by atoms with van der Waals surface area (Å²) in [6.45, 7) is 8.14. The van der Waals surface area contributed by atoms with Crippen LogP contribution in [0.2, 0.25) is 0 Å². The predicted octanol–water partition coefficient (Wildman–Crippen LogP) is 3.76. The molecule has 0 spiro atoms. The molecule has 1 unspecified atom stereocenters. The van der Waals surface area contributed by atoms with Crippen LogP contribution >= 0.6 is 0 Å². The Balaban J connectivity index is 2.61. The van der Waals surface area contributed by atoms with Crippen molar-refractivity contribution in [3.8, 4) is 11.5 Å². The van der Waals surface area contributed by atoms with Crippen molar-refractivity contribution < 1.29 is 9.47 Å². The first-order chi connectivity index (χ1) is 9.21. The lowest BCUT2D eigenvalue weighted by molar-refractivity contribution is 0.288. The highest BCUT2D eigenvalue weighted by atomic mass is 16.5. The Morgan fingerprint density at radius 3 is 2.63 bits per heavy atom. The molecule has 1 N–H and O–H groups in total. The third-order valence-electron chi connectivity index (χ3n) is 3.25. The van der Waals surface area contributed by atoms with E-state index in [1.54, 1.807) is 7.11 Å². The van der Waals surface area contributed by atoms with Gasteiger partial charge in [0.15, 0.2) is 11.5 Å². The molecule has 0 aliphatic heterocycles. The van der Waals surface area contributed by atoms with Gasteiger partial charge in [-0.2, -0.15) is 0 Å². The Kier molecular flexibility index (Phi) is 7.34. The van der Waals surface area contributed by atoms with Gasteiger partial charge in [0.2, 0.25) is 0 Å². The number of ether oxygens (including phenoxy) is 2. The molecule has 19 heavy (non-hydrogen) atoms. The van der Waals surface area contributed by atoms with E-state index in [4.69, 9.17) is 9.47 Å². The Bertz CT molecular complexity index is 366. The van der Waals surface area contributed by atoms with E-state index < -0.39 is 0 Å². The monoisotopic (exact) mass is 265 g/mol. The van der Waals surface area contributed by atoms with Crippen molar-refractivity contribution in [2.75, 3.05) is 13.7 Å². The predicted molar refractivity (Wildman–Crippen MR) is 80.0 cm³/mol. The van der Waals surface area contributed by atoms with E-state index in [0.717, 1.165) is 43.9 Å². The summed E-state index contributed by atoms with van der Waals surface area (Å²) in [5.74, 6) is 1.66. The largest absolute Gasteiger partial charge is 0.493 e. The molecular formula is C16H27NO2. The highest BCUT2D eigenvalue weighted by Gasteiger charge is 2.06. The van der Waals surface area contributed by atoms with Crippen LogP contribution in [0.3, 0.4) is 0 Å². The van der Waals surface area contributed by atoms with Gasteiger partial charge in [0.1, 0.15) is 0 Å². The van der Waals surface area contributed by atoms with Crippen LogP contribution in [0.15, 0.2) is 18.2 Å². The van der Waals surface area contributed by atoms with Crippen molar-refractivity contribution in [2.24, 2.45) is 0 Å². The first-order valence-electron chi connectivity index (χ1n) is 7.24. The first kappa shape index (κ1) is 15.8. The normalized spacial score (nSPS) is 12.2. The van der Waals surface area contributed by atoms with Gasteiger partial charge in [0, 0.05) is 12.6 Å². The fourth-order valence-corrected chi connectivity index (χ4v) is 1.70. The molecule has 0 saturated carbocycles. The van der Waals surface area contributed by atoms with Gasteiger partial charge in [-0.1, -0.05) is 26.3 Å². The van der Waals surface area contributed by atoms with Gasteiger partial charge < -0.3 is 14.8 Å². The fraction of sp³-hybridized carbons (Fsp3) is 0.625. The van der Waals surface area contributed by atoms with E-state index in [1.807, 2.05) is 6.07 Å². The maximum Gasteiger partial charge on any atom is 0.161 e. The van der Waals surface area contributed by atoms with E-state index in [9.17, 15) is 0 Å². The first-order valence-corrected chi connectivity index (χ1v) is 7.24. The van der Waals surface area contributed by atoms with Crippen LogP contribution in [-0.2, 0) is 6.54 Å². The second kappa shape index (κ2) is 8.81. The zero-order valence-corrected chi connectivity index (χ0v) is 12.7. The van der Waals surface area contributed by atoms with Crippen LogP contribution in [0.25, 0.3) is 0 Å². The summed E-state index contributed by atoms with van der Waals surface area (Å²) < 4.78 is 11.1. The third kappa shape index (κ3) is 5.52. The number of benzene rings is 1. The Hall–Kier alpha value is -1.22. The maximum atomic E-state index is 5.72. The number of hydrogen-bond donors (Lipinski definition) is 1. The minimum absolute atomic E-state index is 0.534. The van der Waals surface area contributed by atoms with Crippen LogP contribution < -0.4 is 14.8 Å². The molecule has 0 heterocycles. The highest BCUT2D eigenvalue weighted by Crippen LogP contribution is 2.28. The third-order valence-corrected chi connectivity index (χ3v) is 3.25.